The Morgan fingerprint density at radius 2 is 1.86 bits per heavy atom. The second-order valence-electron chi connectivity index (χ2n) is 9.24. The molecule has 3 aromatic rings. The van der Waals surface area contributed by atoms with Crippen LogP contribution in [0, 0.1) is 18.7 Å². The lowest BCUT2D eigenvalue weighted by Crippen LogP contribution is -2.29. The number of allylic oxidation sites excluding steroid dienone is 2. The molecule has 2 aliphatic rings. The van der Waals surface area contributed by atoms with E-state index in [1.54, 1.807) is 31.3 Å². The highest BCUT2D eigenvalue weighted by molar-refractivity contribution is 7.97. The summed E-state index contributed by atoms with van der Waals surface area (Å²) in [5, 5.41) is 9.78. The lowest BCUT2D eigenvalue weighted by Gasteiger charge is -2.31. The van der Waals surface area contributed by atoms with Crippen molar-refractivity contribution in [2.45, 2.75) is 31.1 Å². The quantitative estimate of drug-likeness (QED) is 0.301. The maximum absolute atomic E-state index is 13.5. The maximum atomic E-state index is 13.5. The van der Waals surface area contributed by atoms with Crippen LogP contribution in [0.1, 0.15) is 24.8 Å². The molecule has 2 aromatic carbocycles. The van der Waals surface area contributed by atoms with Crippen molar-refractivity contribution in [3.8, 4) is 0 Å². The summed E-state index contributed by atoms with van der Waals surface area (Å²) in [6.07, 6.45) is 11.8. The summed E-state index contributed by atoms with van der Waals surface area (Å²) in [6, 6.07) is 15.1. The fourth-order valence-corrected chi connectivity index (χ4v) is 5.40. The van der Waals surface area contributed by atoms with E-state index in [2.05, 4.69) is 66.6 Å². The second-order valence-corrected chi connectivity index (χ2v) is 10.4. The Morgan fingerprint density at radius 3 is 2.61 bits per heavy atom. The van der Waals surface area contributed by atoms with Crippen LogP contribution < -0.4 is 16.0 Å². The molecular weight excluding hydrogens is 471 g/mol. The number of anilines is 4. The molecule has 1 aromatic heterocycles. The number of hydrogen-bond acceptors (Lipinski definition) is 7. The summed E-state index contributed by atoms with van der Waals surface area (Å²) in [5.41, 5.74) is 3.81. The molecule has 36 heavy (non-hydrogen) atoms. The molecule has 2 aliphatic heterocycles. The number of benzene rings is 2. The zero-order valence-corrected chi connectivity index (χ0v) is 21.2. The van der Waals surface area contributed by atoms with E-state index in [-0.39, 0.29) is 5.82 Å². The number of aromatic nitrogens is 2. The van der Waals surface area contributed by atoms with Crippen LogP contribution in [0.3, 0.4) is 0 Å². The molecule has 3 heterocycles. The van der Waals surface area contributed by atoms with Gasteiger partial charge in [-0.25, -0.2) is 13.7 Å². The van der Waals surface area contributed by atoms with Crippen molar-refractivity contribution < 1.29 is 4.39 Å². The highest BCUT2D eigenvalue weighted by atomic mass is 32.2. The summed E-state index contributed by atoms with van der Waals surface area (Å²) >= 11 is 1.83. The molecule has 0 spiro atoms. The van der Waals surface area contributed by atoms with Crippen LogP contribution in [0.5, 0.6) is 0 Å². The zero-order chi connectivity index (χ0) is 24.7. The summed E-state index contributed by atoms with van der Waals surface area (Å²) in [5.74, 6) is 1.70. The van der Waals surface area contributed by atoms with Crippen molar-refractivity contribution in [2.75, 3.05) is 30.3 Å². The van der Waals surface area contributed by atoms with Gasteiger partial charge in [-0.15, -0.1) is 0 Å². The fraction of sp³-hybridized carbons (Fsp3) is 0.286. The standard InChI is InChI=1S/C28H31FN6S/c1-20-17-24(6-9-26(20)29)32-27-10-14-31-28(34-27)33-23-4-7-25(8-5-23)36-35-15-11-21(12-16-35)18-22-3-2-13-30-19-22/h2-10,13-14,17,21,30H,11-12,15-16,18-19H2,1H3,(H2,31,32,33,34). The van der Waals surface area contributed by atoms with Gasteiger partial charge in [0, 0.05) is 42.1 Å². The minimum Gasteiger partial charge on any atom is -0.387 e. The van der Waals surface area contributed by atoms with E-state index in [0.29, 0.717) is 17.3 Å². The van der Waals surface area contributed by atoms with Gasteiger partial charge in [0.2, 0.25) is 5.95 Å². The van der Waals surface area contributed by atoms with E-state index < -0.39 is 0 Å². The van der Waals surface area contributed by atoms with Crippen molar-refractivity contribution >= 4 is 35.1 Å². The van der Waals surface area contributed by atoms with E-state index >= 15 is 0 Å². The molecule has 186 valence electrons. The predicted molar refractivity (Wildman–Crippen MR) is 146 cm³/mol. The van der Waals surface area contributed by atoms with Gasteiger partial charge in [-0.05, 0) is 110 Å². The van der Waals surface area contributed by atoms with Crippen molar-refractivity contribution in [1.82, 2.24) is 19.6 Å². The van der Waals surface area contributed by atoms with E-state index in [1.807, 2.05) is 18.1 Å². The lowest BCUT2D eigenvalue weighted by atomic mass is 9.90. The number of piperidine rings is 1. The Kier molecular flexibility index (Phi) is 7.83. The third kappa shape index (κ3) is 6.65. The maximum Gasteiger partial charge on any atom is 0.229 e. The van der Waals surface area contributed by atoms with Crippen LogP contribution in [0.2, 0.25) is 0 Å². The Bertz CT molecular complexity index is 1240. The summed E-state index contributed by atoms with van der Waals surface area (Å²) in [7, 11) is 0. The van der Waals surface area contributed by atoms with E-state index in [0.717, 1.165) is 36.9 Å². The average Bonchev–Trinajstić information content (AvgIpc) is 2.89. The van der Waals surface area contributed by atoms with Crippen LogP contribution in [0.25, 0.3) is 0 Å². The van der Waals surface area contributed by atoms with E-state index in [4.69, 9.17) is 0 Å². The normalized spacial score (nSPS) is 16.3. The van der Waals surface area contributed by atoms with Gasteiger partial charge in [-0.3, -0.25) is 0 Å². The molecule has 0 atom stereocenters. The number of dihydropyridines is 1. The Labute approximate surface area is 216 Å². The summed E-state index contributed by atoms with van der Waals surface area (Å²) in [4.78, 5) is 10.1. The number of hydrogen-bond donors (Lipinski definition) is 3. The van der Waals surface area contributed by atoms with Crippen molar-refractivity contribution in [3.05, 3.63) is 90.0 Å². The van der Waals surface area contributed by atoms with Crippen molar-refractivity contribution in [2.24, 2.45) is 5.92 Å². The largest absolute Gasteiger partial charge is 0.387 e. The van der Waals surface area contributed by atoms with Crippen LogP contribution in [0.4, 0.5) is 27.5 Å². The number of nitrogens with one attached hydrogen (secondary N) is 3. The minimum absolute atomic E-state index is 0.222. The molecule has 0 radical (unpaired) electrons. The third-order valence-electron chi connectivity index (χ3n) is 6.43. The first-order valence-corrected chi connectivity index (χ1v) is 13.1. The monoisotopic (exact) mass is 502 g/mol. The molecule has 6 nitrogen and oxygen atoms in total. The van der Waals surface area contributed by atoms with Crippen molar-refractivity contribution in [1.29, 1.82) is 0 Å². The van der Waals surface area contributed by atoms with Gasteiger partial charge in [0.15, 0.2) is 0 Å². The van der Waals surface area contributed by atoms with Crippen LogP contribution in [-0.4, -0.2) is 33.9 Å². The van der Waals surface area contributed by atoms with Crippen molar-refractivity contribution in [3.63, 3.8) is 0 Å². The first kappa shape index (κ1) is 24.3. The fourth-order valence-electron chi connectivity index (χ4n) is 4.45. The average molecular weight is 503 g/mol. The SMILES string of the molecule is Cc1cc(Nc2ccnc(Nc3ccc(SN4CCC(CC5=CC=CNC5)CC4)cc3)n2)ccc1F. The van der Waals surface area contributed by atoms with Gasteiger partial charge in [-0.2, -0.15) is 4.98 Å². The Balaban J connectivity index is 1.11. The molecule has 0 unspecified atom stereocenters. The Hall–Kier alpha value is -3.36. The molecule has 0 saturated carbocycles. The molecule has 0 amide bonds. The minimum atomic E-state index is -0.222. The molecule has 1 fully saturated rings. The lowest BCUT2D eigenvalue weighted by molar-refractivity contribution is 0.289. The number of rotatable bonds is 8. The van der Waals surface area contributed by atoms with E-state index in [1.165, 1.54) is 35.8 Å². The highest BCUT2D eigenvalue weighted by Gasteiger charge is 2.21. The van der Waals surface area contributed by atoms with Crippen LogP contribution in [-0.2, 0) is 0 Å². The molecule has 8 heteroatoms. The predicted octanol–water partition coefficient (Wildman–Crippen LogP) is 6.56. The number of nitrogens with zero attached hydrogens (tertiary/aromatic N) is 3. The van der Waals surface area contributed by atoms with Gasteiger partial charge in [0.05, 0.1) is 0 Å². The van der Waals surface area contributed by atoms with Gasteiger partial charge < -0.3 is 16.0 Å². The molecule has 0 bridgehead atoms. The number of aryl methyl sites for hydroxylation is 1. The molecular formula is C28H31FN6S. The van der Waals surface area contributed by atoms with Gasteiger partial charge in [0.25, 0.3) is 0 Å². The van der Waals surface area contributed by atoms with Gasteiger partial charge in [0.1, 0.15) is 11.6 Å². The first-order valence-electron chi connectivity index (χ1n) is 12.3. The molecule has 5 rings (SSSR count). The highest BCUT2D eigenvalue weighted by Crippen LogP contribution is 2.32. The smallest absolute Gasteiger partial charge is 0.229 e. The molecule has 0 aliphatic carbocycles. The van der Waals surface area contributed by atoms with Gasteiger partial charge in [-0.1, -0.05) is 11.6 Å². The summed E-state index contributed by atoms with van der Waals surface area (Å²) < 4.78 is 16.0. The first-order chi connectivity index (χ1) is 17.6. The topological polar surface area (TPSA) is 65.1 Å². The zero-order valence-electron chi connectivity index (χ0n) is 20.4. The summed E-state index contributed by atoms with van der Waals surface area (Å²) in [6.45, 7) is 4.97. The van der Waals surface area contributed by atoms with Crippen LogP contribution >= 0.6 is 11.9 Å². The van der Waals surface area contributed by atoms with E-state index in [9.17, 15) is 4.39 Å². The molecule has 3 N–H and O–H groups in total. The van der Waals surface area contributed by atoms with Gasteiger partial charge >= 0.3 is 0 Å². The molecule has 1 saturated heterocycles. The number of halogens is 1. The Morgan fingerprint density at radius 1 is 1.06 bits per heavy atom. The van der Waals surface area contributed by atoms with Crippen LogP contribution in [0.15, 0.2) is 83.5 Å². The second kappa shape index (κ2) is 11.6. The third-order valence-corrected chi connectivity index (χ3v) is 7.54.